The van der Waals surface area contributed by atoms with E-state index in [0.29, 0.717) is 12.0 Å². The van der Waals surface area contributed by atoms with E-state index in [4.69, 9.17) is 11.5 Å². The zero-order valence-electron chi connectivity index (χ0n) is 9.53. The average molecular weight is 204 g/mol. The van der Waals surface area contributed by atoms with Gasteiger partial charge in [0.25, 0.3) is 0 Å². The Bertz CT molecular complexity index is 354. The first-order valence-electron chi connectivity index (χ1n) is 5.66. The molecule has 0 bridgehead atoms. The fourth-order valence-electron chi connectivity index (χ4n) is 2.46. The summed E-state index contributed by atoms with van der Waals surface area (Å²) in [6.45, 7) is 4.25. The molecule has 0 saturated heterocycles. The van der Waals surface area contributed by atoms with Crippen LogP contribution in [-0.4, -0.2) is 6.04 Å². The van der Waals surface area contributed by atoms with Crippen LogP contribution in [0.25, 0.3) is 0 Å². The highest BCUT2D eigenvalue weighted by atomic mass is 14.7. The summed E-state index contributed by atoms with van der Waals surface area (Å²) in [5.41, 5.74) is 15.9. The van der Waals surface area contributed by atoms with Gasteiger partial charge in [-0.25, -0.2) is 0 Å². The molecule has 4 N–H and O–H groups in total. The van der Waals surface area contributed by atoms with Crippen LogP contribution in [0.5, 0.6) is 0 Å². The van der Waals surface area contributed by atoms with Crippen LogP contribution < -0.4 is 11.5 Å². The molecule has 0 radical (unpaired) electrons. The third kappa shape index (κ3) is 2.06. The van der Waals surface area contributed by atoms with E-state index in [-0.39, 0.29) is 6.04 Å². The molecule has 1 fully saturated rings. The van der Waals surface area contributed by atoms with Crippen LogP contribution in [0.3, 0.4) is 0 Å². The van der Waals surface area contributed by atoms with Gasteiger partial charge in [0.15, 0.2) is 0 Å². The van der Waals surface area contributed by atoms with Crippen LogP contribution in [0.2, 0.25) is 0 Å². The molecule has 0 heterocycles. The van der Waals surface area contributed by atoms with Crippen LogP contribution >= 0.6 is 0 Å². The van der Waals surface area contributed by atoms with Crippen molar-refractivity contribution in [1.82, 2.24) is 0 Å². The number of aryl methyl sites for hydroxylation is 2. The second-order valence-electron chi connectivity index (χ2n) is 4.88. The summed E-state index contributed by atoms with van der Waals surface area (Å²) in [6.07, 6.45) is 2.16. The van der Waals surface area contributed by atoms with Gasteiger partial charge >= 0.3 is 0 Å². The Kier molecular flexibility index (Phi) is 2.81. The molecule has 1 aromatic carbocycles. The molecule has 0 aliphatic heterocycles. The molecule has 1 aromatic rings. The zero-order chi connectivity index (χ0) is 11.0. The lowest BCUT2D eigenvalue weighted by Gasteiger charge is -2.37. The minimum atomic E-state index is 0.172. The first-order valence-corrected chi connectivity index (χ1v) is 5.66. The maximum absolute atomic E-state index is 6.26. The van der Waals surface area contributed by atoms with Gasteiger partial charge in [-0.05, 0) is 43.7 Å². The first kappa shape index (κ1) is 10.7. The van der Waals surface area contributed by atoms with E-state index in [1.165, 1.54) is 16.7 Å². The first-order chi connectivity index (χ1) is 7.08. The molecule has 15 heavy (non-hydrogen) atoms. The smallest absolute Gasteiger partial charge is 0.0327 e. The molecular weight excluding hydrogens is 184 g/mol. The lowest BCUT2D eigenvalue weighted by Crippen LogP contribution is -2.41. The number of hydrogen-bond donors (Lipinski definition) is 2. The van der Waals surface area contributed by atoms with Gasteiger partial charge in [0.1, 0.15) is 0 Å². The summed E-state index contributed by atoms with van der Waals surface area (Å²) in [5, 5.41) is 0. The summed E-state index contributed by atoms with van der Waals surface area (Å²) >= 11 is 0. The topological polar surface area (TPSA) is 52.0 Å². The quantitative estimate of drug-likeness (QED) is 0.774. The fraction of sp³-hybridized carbons (Fsp3) is 0.538. The maximum Gasteiger partial charge on any atom is 0.0327 e. The largest absolute Gasteiger partial charge is 0.328 e. The van der Waals surface area contributed by atoms with Crippen molar-refractivity contribution in [2.45, 2.75) is 38.8 Å². The lowest BCUT2D eigenvalue weighted by atomic mass is 9.73. The van der Waals surface area contributed by atoms with E-state index in [0.717, 1.165) is 12.8 Å². The summed E-state index contributed by atoms with van der Waals surface area (Å²) in [6, 6.07) is 7.06. The van der Waals surface area contributed by atoms with Gasteiger partial charge in [-0.3, -0.25) is 0 Å². The van der Waals surface area contributed by atoms with Gasteiger partial charge in [0.2, 0.25) is 0 Å². The van der Waals surface area contributed by atoms with Crippen LogP contribution in [0.15, 0.2) is 18.2 Å². The molecule has 1 atom stereocenters. The molecule has 2 nitrogen and oxygen atoms in total. The summed E-state index contributed by atoms with van der Waals surface area (Å²) in [4.78, 5) is 0. The molecular formula is C13H20N2. The van der Waals surface area contributed by atoms with Crippen LogP contribution in [0, 0.1) is 19.8 Å². The Morgan fingerprint density at radius 2 is 1.93 bits per heavy atom. The van der Waals surface area contributed by atoms with E-state index in [1.54, 1.807) is 0 Å². The van der Waals surface area contributed by atoms with E-state index in [9.17, 15) is 0 Å². The minimum absolute atomic E-state index is 0.172. The molecule has 0 spiro atoms. The van der Waals surface area contributed by atoms with Crippen LogP contribution in [0.1, 0.15) is 35.6 Å². The van der Waals surface area contributed by atoms with Crippen molar-refractivity contribution < 1.29 is 0 Å². The van der Waals surface area contributed by atoms with Gasteiger partial charge in [-0.15, -0.1) is 0 Å². The van der Waals surface area contributed by atoms with Gasteiger partial charge in [-0.1, -0.05) is 23.8 Å². The van der Waals surface area contributed by atoms with Crippen LogP contribution in [0.4, 0.5) is 0 Å². The number of benzene rings is 1. The monoisotopic (exact) mass is 204 g/mol. The Morgan fingerprint density at radius 3 is 2.47 bits per heavy atom. The van der Waals surface area contributed by atoms with Crippen molar-refractivity contribution in [2.75, 3.05) is 0 Å². The molecule has 1 aliphatic carbocycles. The summed E-state index contributed by atoms with van der Waals surface area (Å²) in [5.74, 6) is 0.585. The van der Waals surface area contributed by atoms with Crippen molar-refractivity contribution >= 4 is 0 Å². The highest BCUT2D eigenvalue weighted by molar-refractivity contribution is 5.33. The van der Waals surface area contributed by atoms with E-state index in [2.05, 4.69) is 32.0 Å². The van der Waals surface area contributed by atoms with Gasteiger partial charge in [0.05, 0.1) is 0 Å². The second kappa shape index (κ2) is 3.95. The predicted molar refractivity (Wildman–Crippen MR) is 63.5 cm³/mol. The molecule has 2 heteroatoms. The van der Waals surface area contributed by atoms with Crippen molar-refractivity contribution in [3.63, 3.8) is 0 Å². The fourth-order valence-corrected chi connectivity index (χ4v) is 2.46. The SMILES string of the molecule is Cc1ccc(C(N)C2CC(N)C2)c(C)c1. The molecule has 2 rings (SSSR count). The molecule has 0 aromatic heterocycles. The number of nitrogens with two attached hydrogens (primary N) is 2. The van der Waals surface area contributed by atoms with Crippen molar-refractivity contribution in [3.05, 3.63) is 34.9 Å². The average Bonchev–Trinajstić information content (AvgIpc) is 2.12. The molecule has 1 unspecified atom stereocenters. The summed E-state index contributed by atoms with van der Waals surface area (Å²) in [7, 11) is 0. The Morgan fingerprint density at radius 1 is 1.27 bits per heavy atom. The molecule has 82 valence electrons. The zero-order valence-corrected chi connectivity index (χ0v) is 9.53. The highest BCUT2D eigenvalue weighted by Crippen LogP contribution is 2.36. The van der Waals surface area contributed by atoms with Crippen molar-refractivity contribution in [3.8, 4) is 0 Å². The second-order valence-corrected chi connectivity index (χ2v) is 4.88. The van der Waals surface area contributed by atoms with Crippen LogP contribution in [-0.2, 0) is 0 Å². The minimum Gasteiger partial charge on any atom is -0.328 e. The van der Waals surface area contributed by atoms with Gasteiger partial charge in [0, 0.05) is 12.1 Å². The van der Waals surface area contributed by atoms with Crippen molar-refractivity contribution in [1.29, 1.82) is 0 Å². The maximum atomic E-state index is 6.26. The molecule has 0 amide bonds. The highest BCUT2D eigenvalue weighted by Gasteiger charge is 2.32. The third-order valence-electron chi connectivity index (χ3n) is 3.50. The molecule has 1 saturated carbocycles. The van der Waals surface area contributed by atoms with E-state index >= 15 is 0 Å². The van der Waals surface area contributed by atoms with E-state index in [1.807, 2.05) is 0 Å². The molecule has 1 aliphatic rings. The Hall–Kier alpha value is -0.860. The van der Waals surface area contributed by atoms with Crippen molar-refractivity contribution in [2.24, 2.45) is 17.4 Å². The number of hydrogen-bond acceptors (Lipinski definition) is 2. The standard InChI is InChI=1S/C13H20N2/c1-8-3-4-12(9(2)5-8)13(15)10-6-11(14)7-10/h3-5,10-11,13H,6-7,14-15H2,1-2H3. The third-order valence-corrected chi connectivity index (χ3v) is 3.50. The number of rotatable bonds is 2. The Labute approximate surface area is 91.7 Å². The lowest BCUT2D eigenvalue weighted by molar-refractivity contribution is 0.223. The van der Waals surface area contributed by atoms with Gasteiger partial charge in [-0.2, -0.15) is 0 Å². The normalized spacial score (nSPS) is 27.2. The van der Waals surface area contributed by atoms with E-state index < -0.39 is 0 Å². The Balaban J connectivity index is 2.15. The van der Waals surface area contributed by atoms with Gasteiger partial charge < -0.3 is 11.5 Å². The predicted octanol–water partition coefficient (Wildman–Crippen LogP) is 2.04. The summed E-state index contributed by atoms with van der Waals surface area (Å²) < 4.78 is 0.